The van der Waals surface area contributed by atoms with Crippen LogP contribution in [-0.2, 0) is 23.7 Å². The molecule has 192 valence electrons. The van der Waals surface area contributed by atoms with Crippen molar-refractivity contribution in [1.82, 2.24) is 0 Å². The van der Waals surface area contributed by atoms with Gasteiger partial charge in [0.15, 0.2) is 18.3 Å². The smallest absolute Gasteiger partial charge is 0.338 e. The summed E-state index contributed by atoms with van der Waals surface area (Å²) in [6, 6.07) is 24.3. The van der Waals surface area contributed by atoms with E-state index >= 15 is 4.39 Å². The molecule has 0 aromatic heterocycles. The number of halogens is 1. The monoisotopic (exact) mass is 508 g/mol. The van der Waals surface area contributed by atoms with Crippen LogP contribution in [0, 0.1) is 0 Å². The van der Waals surface area contributed by atoms with Gasteiger partial charge in [-0.05, 0) is 36.4 Å². The minimum atomic E-state index is -2.06. The van der Waals surface area contributed by atoms with E-state index in [2.05, 4.69) is 0 Å². The Kier molecular flexibility index (Phi) is 8.60. The van der Waals surface area contributed by atoms with Crippen LogP contribution in [0.4, 0.5) is 4.39 Å². The summed E-state index contributed by atoms with van der Waals surface area (Å²) >= 11 is 0. The first-order valence-electron chi connectivity index (χ1n) is 11.5. The predicted octanol–water partition coefficient (Wildman–Crippen LogP) is 4.00. The van der Waals surface area contributed by atoms with Gasteiger partial charge >= 0.3 is 17.9 Å². The minimum absolute atomic E-state index is 0.208. The minimum Gasteiger partial charge on any atom is -0.459 e. The lowest BCUT2D eigenvalue weighted by Gasteiger charge is -2.42. The lowest BCUT2D eigenvalue weighted by Crippen LogP contribution is -2.61. The van der Waals surface area contributed by atoms with Gasteiger partial charge < -0.3 is 23.7 Å². The van der Waals surface area contributed by atoms with Crippen LogP contribution < -0.4 is 0 Å². The van der Waals surface area contributed by atoms with Gasteiger partial charge in [0.1, 0.15) is 12.7 Å². The first-order valence-corrected chi connectivity index (χ1v) is 11.5. The van der Waals surface area contributed by atoms with Crippen molar-refractivity contribution in [3.63, 3.8) is 0 Å². The standard InChI is InChI=1S/C28H25FO8/c1-33-24-23(37-28(32)20-15-9-4-10-16-20)22(36-27(31)19-13-7-3-8-14-19)21(35-25(24)29)17-34-26(30)18-11-5-2-6-12-18/h2-16,21-25H,17H2,1H3/t21-,22-,23+,24-,25-/m1/s1. The Balaban J connectivity index is 1.60. The van der Waals surface area contributed by atoms with Crippen molar-refractivity contribution >= 4 is 17.9 Å². The number of esters is 3. The molecule has 1 fully saturated rings. The molecule has 1 aliphatic rings. The number of carbonyl (C=O) groups is 3. The van der Waals surface area contributed by atoms with Crippen LogP contribution in [0.15, 0.2) is 91.0 Å². The molecule has 9 heteroatoms. The largest absolute Gasteiger partial charge is 0.459 e. The molecular weight excluding hydrogens is 483 g/mol. The quantitative estimate of drug-likeness (QED) is 0.333. The van der Waals surface area contributed by atoms with E-state index in [1.165, 1.54) is 31.4 Å². The molecule has 8 nitrogen and oxygen atoms in total. The second-order valence-corrected chi connectivity index (χ2v) is 8.16. The third-order valence-electron chi connectivity index (χ3n) is 5.74. The lowest BCUT2D eigenvalue weighted by atomic mass is 9.98. The van der Waals surface area contributed by atoms with Crippen LogP contribution in [0.3, 0.4) is 0 Å². The molecule has 3 aromatic carbocycles. The maximum Gasteiger partial charge on any atom is 0.338 e. The summed E-state index contributed by atoms with van der Waals surface area (Å²) in [4.78, 5) is 38.3. The number of ether oxygens (including phenoxy) is 5. The Hall–Kier alpha value is -4.08. The molecule has 0 saturated carbocycles. The SMILES string of the molecule is CO[C@@H]1[C@@H](OC(=O)c2ccccc2)[C@H](OC(=O)c2ccccc2)[C@@H](COC(=O)c2ccccc2)O[C@H]1F. The van der Waals surface area contributed by atoms with Gasteiger partial charge in [-0.15, -0.1) is 0 Å². The third kappa shape index (κ3) is 6.38. The molecule has 37 heavy (non-hydrogen) atoms. The van der Waals surface area contributed by atoms with Crippen molar-refractivity contribution in [2.75, 3.05) is 13.7 Å². The first kappa shape index (κ1) is 26.0. The molecule has 1 heterocycles. The summed E-state index contributed by atoms with van der Waals surface area (Å²) in [5.41, 5.74) is 0.696. The zero-order chi connectivity index (χ0) is 26.2. The summed E-state index contributed by atoms with van der Waals surface area (Å²) in [7, 11) is 1.22. The fourth-order valence-electron chi connectivity index (χ4n) is 3.87. The average Bonchev–Trinajstić information content (AvgIpc) is 2.94. The summed E-state index contributed by atoms with van der Waals surface area (Å²) in [6.45, 7) is -0.475. The van der Waals surface area contributed by atoms with Crippen LogP contribution >= 0.6 is 0 Å². The van der Waals surface area contributed by atoms with Gasteiger partial charge in [-0.1, -0.05) is 54.6 Å². The van der Waals surface area contributed by atoms with Crippen LogP contribution in [0.2, 0.25) is 0 Å². The molecule has 1 saturated heterocycles. The molecule has 0 unspecified atom stereocenters. The predicted molar refractivity (Wildman–Crippen MR) is 129 cm³/mol. The molecule has 0 spiro atoms. The molecule has 0 bridgehead atoms. The van der Waals surface area contributed by atoms with Crippen LogP contribution in [-0.4, -0.2) is 62.4 Å². The highest BCUT2D eigenvalue weighted by Crippen LogP contribution is 2.30. The Morgan fingerprint density at radius 2 is 1.11 bits per heavy atom. The van der Waals surface area contributed by atoms with E-state index in [1.807, 2.05) is 0 Å². The average molecular weight is 508 g/mol. The van der Waals surface area contributed by atoms with Gasteiger partial charge in [-0.3, -0.25) is 0 Å². The lowest BCUT2D eigenvalue weighted by molar-refractivity contribution is -0.267. The summed E-state index contributed by atoms with van der Waals surface area (Å²) in [5.74, 6) is -2.22. The van der Waals surface area contributed by atoms with E-state index in [1.54, 1.807) is 66.7 Å². The van der Waals surface area contributed by atoms with Gasteiger partial charge in [-0.25, -0.2) is 18.8 Å². The summed E-state index contributed by atoms with van der Waals surface area (Å²) in [5, 5.41) is 0. The number of carbonyl (C=O) groups excluding carboxylic acids is 3. The van der Waals surface area contributed by atoms with Crippen LogP contribution in [0.1, 0.15) is 31.1 Å². The number of rotatable bonds is 8. The number of alkyl halides is 1. The molecular formula is C28H25FO8. The molecule has 4 rings (SSSR count). The Morgan fingerprint density at radius 3 is 1.57 bits per heavy atom. The normalized spacial score (nSPS) is 23.0. The second kappa shape index (κ2) is 12.2. The molecule has 0 radical (unpaired) electrons. The van der Waals surface area contributed by atoms with E-state index in [4.69, 9.17) is 23.7 Å². The fourth-order valence-corrected chi connectivity index (χ4v) is 3.87. The Bertz CT molecular complexity index is 1190. The number of benzene rings is 3. The van der Waals surface area contributed by atoms with E-state index in [0.717, 1.165) is 0 Å². The molecule has 0 N–H and O–H groups in total. The van der Waals surface area contributed by atoms with Crippen molar-refractivity contribution in [1.29, 1.82) is 0 Å². The first-order chi connectivity index (χ1) is 18.0. The highest BCUT2D eigenvalue weighted by Gasteiger charge is 2.51. The molecule has 0 aliphatic carbocycles. The number of hydrogen-bond acceptors (Lipinski definition) is 8. The van der Waals surface area contributed by atoms with E-state index < -0.39 is 55.3 Å². The summed E-state index contributed by atoms with van der Waals surface area (Å²) in [6.07, 6.45) is -7.54. The topological polar surface area (TPSA) is 97.4 Å². The van der Waals surface area contributed by atoms with Crippen molar-refractivity contribution in [2.24, 2.45) is 0 Å². The highest BCUT2D eigenvalue weighted by atomic mass is 19.1. The van der Waals surface area contributed by atoms with Crippen LogP contribution in [0.5, 0.6) is 0 Å². The van der Waals surface area contributed by atoms with Crippen molar-refractivity contribution in [3.8, 4) is 0 Å². The highest BCUT2D eigenvalue weighted by molar-refractivity contribution is 5.90. The molecule has 5 atom stereocenters. The third-order valence-corrected chi connectivity index (χ3v) is 5.74. The Labute approximate surface area is 212 Å². The zero-order valence-corrected chi connectivity index (χ0v) is 19.9. The van der Waals surface area contributed by atoms with Gasteiger partial charge in [0, 0.05) is 7.11 Å². The molecule has 1 aliphatic heterocycles. The van der Waals surface area contributed by atoms with E-state index in [9.17, 15) is 14.4 Å². The van der Waals surface area contributed by atoms with Crippen molar-refractivity contribution in [2.45, 2.75) is 30.8 Å². The summed E-state index contributed by atoms with van der Waals surface area (Å²) < 4.78 is 42.3. The molecule has 0 amide bonds. The Morgan fingerprint density at radius 1 is 0.676 bits per heavy atom. The van der Waals surface area contributed by atoms with Crippen molar-refractivity contribution in [3.05, 3.63) is 108 Å². The van der Waals surface area contributed by atoms with Crippen LogP contribution in [0.25, 0.3) is 0 Å². The number of methoxy groups -OCH3 is 1. The van der Waals surface area contributed by atoms with Gasteiger partial charge in [0.25, 0.3) is 0 Å². The second-order valence-electron chi connectivity index (χ2n) is 8.16. The van der Waals surface area contributed by atoms with E-state index in [0.29, 0.717) is 0 Å². The van der Waals surface area contributed by atoms with Gasteiger partial charge in [0.2, 0.25) is 6.36 Å². The van der Waals surface area contributed by atoms with Gasteiger partial charge in [-0.2, -0.15) is 0 Å². The maximum atomic E-state index is 15.1. The molecule has 3 aromatic rings. The number of hydrogen-bond donors (Lipinski definition) is 0. The van der Waals surface area contributed by atoms with Crippen molar-refractivity contribution < 1.29 is 42.5 Å². The van der Waals surface area contributed by atoms with E-state index in [-0.39, 0.29) is 16.7 Å². The van der Waals surface area contributed by atoms with Gasteiger partial charge in [0.05, 0.1) is 16.7 Å². The fraction of sp³-hybridized carbons (Fsp3) is 0.250. The maximum absolute atomic E-state index is 15.1. The zero-order valence-electron chi connectivity index (χ0n) is 19.9.